The summed E-state index contributed by atoms with van der Waals surface area (Å²) >= 11 is 5.85. The van der Waals surface area contributed by atoms with Gasteiger partial charge in [-0.25, -0.2) is 8.42 Å². The summed E-state index contributed by atoms with van der Waals surface area (Å²) in [6.45, 7) is 0. The maximum absolute atomic E-state index is 12.0. The highest BCUT2D eigenvalue weighted by Crippen LogP contribution is 2.14. The molecule has 0 aliphatic carbocycles. The van der Waals surface area contributed by atoms with E-state index >= 15 is 0 Å². The molecule has 0 heterocycles. The summed E-state index contributed by atoms with van der Waals surface area (Å²) in [4.78, 5) is 0. The van der Waals surface area contributed by atoms with Crippen molar-refractivity contribution in [1.29, 1.82) is 0 Å². The van der Waals surface area contributed by atoms with Crippen molar-refractivity contribution in [3.8, 4) is 0 Å². The lowest BCUT2D eigenvalue weighted by atomic mass is 10.2. The second-order valence-electron chi connectivity index (χ2n) is 4.50. The Morgan fingerprint density at radius 3 is 2.45 bits per heavy atom. The van der Waals surface area contributed by atoms with E-state index < -0.39 is 9.84 Å². The summed E-state index contributed by atoms with van der Waals surface area (Å²) in [5, 5.41) is 0.553. The molecule has 0 amide bonds. The normalized spacial score (nSPS) is 11.8. The molecule has 4 heteroatoms. The van der Waals surface area contributed by atoms with Crippen molar-refractivity contribution in [3.05, 3.63) is 76.8 Å². The van der Waals surface area contributed by atoms with Crippen molar-refractivity contribution in [3.63, 3.8) is 0 Å². The zero-order chi connectivity index (χ0) is 14.4. The van der Waals surface area contributed by atoms with Crippen LogP contribution in [0, 0.1) is 0 Å². The van der Waals surface area contributed by atoms with E-state index in [9.17, 15) is 8.42 Å². The third-order valence-corrected chi connectivity index (χ3v) is 4.44. The van der Waals surface area contributed by atoms with Crippen molar-refractivity contribution < 1.29 is 8.42 Å². The average Bonchev–Trinajstić information content (AvgIpc) is 2.39. The molecule has 0 aliphatic heterocycles. The van der Waals surface area contributed by atoms with Gasteiger partial charge in [-0.3, -0.25) is 0 Å². The third-order valence-electron chi connectivity index (χ3n) is 2.74. The highest BCUT2D eigenvalue weighted by Gasteiger charge is 2.10. The summed E-state index contributed by atoms with van der Waals surface area (Å²) in [5.74, 6) is 0.0289. The van der Waals surface area contributed by atoms with E-state index in [0.29, 0.717) is 10.6 Å². The van der Waals surface area contributed by atoms with Crippen LogP contribution >= 0.6 is 11.6 Å². The fourth-order valence-corrected chi connectivity index (χ4v) is 3.24. The minimum Gasteiger partial charge on any atom is -0.228 e. The van der Waals surface area contributed by atoms with E-state index in [4.69, 9.17) is 11.6 Å². The quantitative estimate of drug-likeness (QED) is 0.837. The number of rotatable bonds is 5. The first-order valence-electron chi connectivity index (χ1n) is 6.22. The second-order valence-corrected chi connectivity index (χ2v) is 7.04. The zero-order valence-corrected chi connectivity index (χ0v) is 12.4. The van der Waals surface area contributed by atoms with Crippen LogP contribution in [-0.2, 0) is 15.6 Å². The number of halogens is 1. The van der Waals surface area contributed by atoms with E-state index in [1.807, 2.05) is 36.4 Å². The Kier molecular flexibility index (Phi) is 4.99. The number of benzene rings is 2. The molecular formula is C16H15ClO2S. The highest BCUT2D eigenvalue weighted by molar-refractivity contribution is 7.90. The van der Waals surface area contributed by atoms with E-state index in [1.165, 1.54) is 0 Å². The van der Waals surface area contributed by atoms with Crippen LogP contribution in [-0.4, -0.2) is 14.2 Å². The first kappa shape index (κ1) is 14.8. The number of hydrogen-bond donors (Lipinski definition) is 0. The number of sulfone groups is 1. The summed E-state index contributed by atoms with van der Waals surface area (Å²) < 4.78 is 24.0. The van der Waals surface area contributed by atoms with Crippen LogP contribution in [0.5, 0.6) is 0 Å². The third kappa shape index (κ3) is 4.83. The molecule has 20 heavy (non-hydrogen) atoms. The van der Waals surface area contributed by atoms with Gasteiger partial charge in [0.15, 0.2) is 9.84 Å². The Morgan fingerprint density at radius 1 is 1.00 bits per heavy atom. The van der Waals surface area contributed by atoms with Crippen molar-refractivity contribution in [2.24, 2.45) is 0 Å². The van der Waals surface area contributed by atoms with Crippen molar-refractivity contribution in [2.45, 2.75) is 5.75 Å². The summed E-state index contributed by atoms with van der Waals surface area (Å²) in [7, 11) is -3.17. The van der Waals surface area contributed by atoms with Crippen LogP contribution in [0.15, 0.2) is 60.7 Å². The van der Waals surface area contributed by atoms with E-state index in [0.717, 1.165) is 5.56 Å². The molecule has 0 spiro atoms. The Hall–Kier alpha value is -1.58. The van der Waals surface area contributed by atoms with Gasteiger partial charge in [0.2, 0.25) is 0 Å². The molecule has 0 bridgehead atoms. The van der Waals surface area contributed by atoms with Crippen LogP contribution in [0.25, 0.3) is 6.08 Å². The maximum Gasteiger partial charge on any atom is 0.157 e. The number of hydrogen-bond acceptors (Lipinski definition) is 2. The van der Waals surface area contributed by atoms with Crippen LogP contribution < -0.4 is 0 Å². The highest BCUT2D eigenvalue weighted by atomic mass is 35.5. The molecule has 2 aromatic carbocycles. The molecule has 2 aromatic rings. The van der Waals surface area contributed by atoms with Crippen molar-refractivity contribution in [1.82, 2.24) is 0 Å². The van der Waals surface area contributed by atoms with Gasteiger partial charge >= 0.3 is 0 Å². The molecular weight excluding hydrogens is 292 g/mol. The van der Waals surface area contributed by atoms with E-state index in [2.05, 4.69) is 0 Å². The van der Waals surface area contributed by atoms with Gasteiger partial charge in [-0.15, -0.1) is 0 Å². The molecule has 104 valence electrons. The van der Waals surface area contributed by atoms with Gasteiger partial charge in [0.25, 0.3) is 0 Å². The molecule has 0 fully saturated rings. The van der Waals surface area contributed by atoms with Crippen LogP contribution in [0.1, 0.15) is 11.1 Å². The fourth-order valence-electron chi connectivity index (χ4n) is 1.83. The van der Waals surface area contributed by atoms with Crippen molar-refractivity contribution >= 4 is 27.5 Å². The van der Waals surface area contributed by atoms with Crippen molar-refractivity contribution in [2.75, 3.05) is 5.75 Å². The molecule has 0 N–H and O–H groups in total. The lowest BCUT2D eigenvalue weighted by Crippen LogP contribution is -2.07. The van der Waals surface area contributed by atoms with Crippen LogP contribution in [0.3, 0.4) is 0 Å². The van der Waals surface area contributed by atoms with Gasteiger partial charge in [-0.1, -0.05) is 66.2 Å². The van der Waals surface area contributed by atoms with Gasteiger partial charge in [0.1, 0.15) is 0 Å². The predicted octanol–water partition coefficient (Wildman–Crippen LogP) is 3.97. The van der Waals surface area contributed by atoms with Crippen LogP contribution in [0.2, 0.25) is 5.02 Å². The predicted molar refractivity (Wildman–Crippen MR) is 84.4 cm³/mol. The van der Waals surface area contributed by atoms with Crippen LogP contribution in [0.4, 0.5) is 0 Å². The van der Waals surface area contributed by atoms with Gasteiger partial charge < -0.3 is 0 Å². The Bertz CT molecular complexity index is 691. The molecule has 2 nitrogen and oxygen atoms in total. The molecule has 0 saturated heterocycles. The first-order chi connectivity index (χ1) is 9.55. The summed E-state index contributed by atoms with van der Waals surface area (Å²) in [6, 6.07) is 16.6. The minimum absolute atomic E-state index is 0.00664. The summed E-state index contributed by atoms with van der Waals surface area (Å²) in [5.41, 5.74) is 1.70. The Morgan fingerprint density at radius 2 is 1.75 bits per heavy atom. The van der Waals surface area contributed by atoms with Gasteiger partial charge in [-0.2, -0.15) is 0 Å². The Balaban J connectivity index is 2.00. The van der Waals surface area contributed by atoms with Gasteiger partial charge in [0.05, 0.1) is 11.5 Å². The Labute approximate surface area is 124 Å². The molecule has 0 saturated carbocycles. The molecule has 0 aromatic heterocycles. The molecule has 0 atom stereocenters. The average molecular weight is 307 g/mol. The molecule has 0 radical (unpaired) electrons. The smallest absolute Gasteiger partial charge is 0.157 e. The maximum atomic E-state index is 12.0. The topological polar surface area (TPSA) is 34.1 Å². The largest absolute Gasteiger partial charge is 0.228 e. The summed E-state index contributed by atoms with van der Waals surface area (Å²) in [6.07, 6.45) is 3.49. The zero-order valence-electron chi connectivity index (χ0n) is 10.9. The van der Waals surface area contributed by atoms with Gasteiger partial charge in [0, 0.05) is 5.02 Å². The first-order valence-corrected chi connectivity index (χ1v) is 8.41. The van der Waals surface area contributed by atoms with Gasteiger partial charge in [-0.05, 0) is 23.3 Å². The minimum atomic E-state index is -3.17. The van der Waals surface area contributed by atoms with E-state index in [1.54, 1.807) is 30.3 Å². The fraction of sp³-hybridized carbons (Fsp3) is 0.125. The lowest BCUT2D eigenvalue weighted by molar-refractivity contribution is 0.598. The SMILES string of the molecule is O=S(=O)(C/C=C/c1ccccc1)Cc1cccc(Cl)c1. The monoisotopic (exact) mass is 306 g/mol. The van der Waals surface area contributed by atoms with E-state index in [-0.39, 0.29) is 11.5 Å². The standard InChI is InChI=1S/C16H15ClO2S/c17-16-10-4-8-15(12-16)13-20(18,19)11-5-9-14-6-2-1-3-7-14/h1-10,12H,11,13H2/b9-5+. The second kappa shape index (κ2) is 6.73. The molecule has 2 rings (SSSR count). The molecule has 0 aliphatic rings. The molecule has 0 unspecified atom stereocenters. The lowest BCUT2D eigenvalue weighted by Gasteiger charge is -2.02.